The van der Waals surface area contributed by atoms with E-state index in [1.54, 1.807) is 47.2 Å². The van der Waals surface area contributed by atoms with Crippen LogP contribution < -0.4 is 9.47 Å². The van der Waals surface area contributed by atoms with E-state index in [-0.39, 0.29) is 31.1 Å². The Labute approximate surface area is 345 Å². The van der Waals surface area contributed by atoms with Crippen molar-refractivity contribution in [2.45, 2.75) is 62.7 Å². The molecule has 0 bridgehead atoms. The molecule has 2 fully saturated rings. The van der Waals surface area contributed by atoms with Crippen LogP contribution in [-0.4, -0.2) is 73.9 Å². The Morgan fingerprint density at radius 2 is 1.09 bits per heavy atom. The van der Waals surface area contributed by atoms with Crippen LogP contribution in [0.5, 0.6) is 11.5 Å². The minimum absolute atomic E-state index is 0.0570. The minimum Gasteiger partial charge on any atom is -0.491 e. The molecular formula is C43H42Cl2N6O3S2. The van der Waals surface area contributed by atoms with Gasteiger partial charge < -0.3 is 9.47 Å². The van der Waals surface area contributed by atoms with Gasteiger partial charge in [0.05, 0.1) is 23.5 Å². The number of hydrogen-bond donors (Lipinski definition) is 0. The number of hydrogen-bond acceptors (Lipinski definition) is 11. The van der Waals surface area contributed by atoms with Crippen molar-refractivity contribution in [3.8, 4) is 34.0 Å². The molecular weight excluding hydrogens is 784 g/mol. The first-order valence-electron chi connectivity index (χ1n) is 19.1. The fourth-order valence-electron chi connectivity index (χ4n) is 7.67. The van der Waals surface area contributed by atoms with Crippen LogP contribution in [0.3, 0.4) is 0 Å². The monoisotopic (exact) mass is 824 g/mol. The molecule has 9 nitrogen and oxygen atoms in total. The lowest BCUT2D eigenvalue weighted by Crippen LogP contribution is -2.58. The zero-order valence-corrected chi connectivity index (χ0v) is 33.9. The Bertz CT molecular complexity index is 2020. The zero-order valence-electron chi connectivity index (χ0n) is 30.8. The molecule has 0 amide bonds. The number of likely N-dealkylation sites (tertiary alicyclic amines) is 2. The Morgan fingerprint density at radius 3 is 1.50 bits per heavy atom. The Morgan fingerprint density at radius 1 is 0.643 bits per heavy atom. The van der Waals surface area contributed by atoms with Crippen LogP contribution >= 0.6 is 45.9 Å². The minimum atomic E-state index is -0.566. The van der Waals surface area contributed by atoms with Gasteiger partial charge in [-0.1, -0.05) is 72.4 Å². The van der Waals surface area contributed by atoms with Crippen LogP contribution in [0.15, 0.2) is 108 Å². The summed E-state index contributed by atoms with van der Waals surface area (Å²) in [6.45, 7) is 1.89. The van der Waals surface area contributed by atoms with E-state index in [0.717, 1.165) is 95.6 Å². The molecule has 2 unspecified atom stereocenters. The number of aromatic nitrogens is 4. The Kier molecular flexibility index (Phi) is 12.7. The maximum Gasteiger partial charge on any atom is 0.174 e. The number of ether oxygens (including phenoxy) is 2. The van der Waals surface area contributed by atoms with E-state index in [0.29, 0.717) is 10.3 Å². The SMILES string of the molecule is O=C(C(COc1ccccc1)N1CCCC[C@@H]1c1nc(-c2ccc(Cl)nc2)cs1)C(COc1ccccc1)N1CCCC[C@@H]1c1nc(-c2ccc(Cl)nc2)cs1. The van der Waals surface area contributed by atoms with Gasteiger partial charge in [-0.25, -0.2) is 19.9 Å². The highest BCUT2D eigenvalue weighted by Crippen LogP contribution is 2.40. The topological polar surface area (TPSA) is 93.6 Å². The van der Waals surface area contributed by atoms with Crippen LogP contribution in [0, 0.1) is 0 Å². The van der Waals surface area contributed by atoms with Crippen molar-refractivity contribution in [3.63, 3.8) is 0 Å². The second-order valence-corrected chi connectivity index (χ2v) is 16.6. The maximum absolute atomic E-state index is 15.6. The quantitative estimate of drug-likeness (QED) is 0.0996. The summed E-state index contributed by atoms with van der Waals surface area (Å²) >= 11 is 15.4. The van der Waals surface area contributed by atoms with Crippen molar-refractivity contribution in [3.05, 3.63) is 128 Å². The number of halogens is 2. The van der Waals surface area contributed by atoms with Gasteiger partial charge >= 0.3 is 0 Å². The number of piperidine rings is 2. The number of nitrogens with zero attached hydrogens (tertiary/aromatic N) is 6. The molecule has 2 aromatic carbocycles. The van der Waals surface area contributed by atoms with Gasteiger partial charge in [0, 0.05) is 34.3 Å². The third-order valence-corrected chi connectivity index (χ3v) is 12.8. The van der Waals surface area contributed by atoms with Crippen LogP contribution in [0.4, 0.5) is 0 Å². The fraction of sp³-hybridized carbons (Fsp3) is 0.326. The summed E-state index contributed by atoms with van der Waals surface area (Å²) in [6, 6.07) is 25.7. The molecule has 2 aliphatic rings. The Hall–Kier alpha value is -4.23. The Balaban J connectivity index is 1.14. The summed E-state index contributed by atoms with van der Waals surface area (Å²) in [5.74, 6) is 1.53. The lowest BCUT2D eigenvalue weighted by atomic mass is 9.93. The molecule has 4 aromatic heterocycles. The summed E-state index contributed by atoms with van der Waals surface area (Å²) in [7, 11) is 0. The number of ketones is 1. The standard InChI is InChI=1S/C43H42Cl2N6O3S2/c44-39-19-17-29(23-46-39)33-27-55-42(48-33)35-15-7-9-21-50(35)37(25-53-31-11-3-1-4-12-31)41(52)38(26-54-32-13-5-2-6-14-32)51-22-10-8-16-36(51)43-49-34(28-56-43)30-18-20-40(45)47-24-30/h1-6,11-14,17-20,23-24,27-28,35-38H,7-10,15-16,21-22,25-26H2/t35-,36-,37?,38?/m1/s1. The van der Waals surface area contributed by atoms with Crippen molar-refractivity contribution >= 4 is 51.7 Å². The molecule has 6 aromatic rings. The highest BCUT2D eigenvalue weighted by molar-refractivity contribution is 7.10. The average Bonchev–Trinajstić information content (AvgIpc) is 3.94. The molecule has 4 atom stereocenters. The summed E-state index contributed by atoms with van der Waals surface area (Å²) in [4.78, 5) is 39.1. The normalized spacial score (nSPS) is 19.0. The second kappa shape index (κ2) is 18.4. The molecule has 8 rings (SSSR count). The molecule has 13 heteroatoms. The number of benzene rings is 2. The summed E-state index contributed by atoms with van der Waals surface area (Å²) in [5.41, 5.74) is 3.52. The molecule has 56 heavy (non-hydrogen) atoms. The number of para-hydroxylation sites is 2. The highest BCUT2D eigenvalue weighted by Gasteiger charge is 2.43. The molecule has 288 valence electrons. The van der Waals surface area contributed by atoms with E-state index >= 15 is 4.79 Å². The van der Waals surface area contributed by atoms with Gasteiger partial charge in [-0.15, -0.1) is 22.7 Å². The number of rotatable bonds is 14. The maximum atomic E-state index is 15.6. The molecule has 0 radical (unpaired) electrons. The van der Waals surface area contributed by atoms with Gasteiger partial charge in [0.25, 0.3) is 0 Å². The fourth-order valence-corrected chi connectivity index (χ4v) is 9.86. The number of carbonyl (C=O) groups is 1. The number of carbonyl (C=O) groups excluding carboxylic acids is 1. The van der Waals surface area contributed by atoms with Crippen molar-refractivity contribution < 1.29 is 14.3 Å². The number of thiazole rings is 2. The third kappa shape index (κ3) is 9.15. The van der Waals surface area contributed by atoms with Crippen LogP contribution in [0.2, 0.25) is 10.3 Å². The van der Waals surface area contributed by atoms with Gasteiger partial charge in [-0.05, 0) is 87.3 Å². The number of pyridine rings is 2. The molecule has 0 N–H and O–H groups in total. The number of Topliss-reactive ketones (excluding diaryl/α,β-unsaturated/α-hetero) is 1. The van der Waals surface area contributed by atoms with Crippen molar-refractivity contribution in [1.29, 1.82) is 0 Å². The molecule has 0 spiro atoms. The van der Waals surface area contributed by atoms with Crippen molar-refractivity contribution in [2.75, 3.05) is 26.3 Å². The predicted molar refractivity (Wildman–Crippen MR) is 224 cm³/mol. The van der Waals surface area contributed by atoms with Crippen LogP contribution in [0.1, 0.15) is 60.6 Å². The van der Waals surface area contributed by atoms with E-state index in [9.17, 15) is 0 Å². The van der Waals surface area contributed by atoms with Crippen LogP contribution in [0.25, 0.3) is 22.5 Å². The summed E-state index contributed by atoms with van der Waals surface area (Å²) < 4.78 is 13.0. The lowest BCUT2D eigenvalue weighted by Gasteiger charge is -2.44. The van der Waals surface area contributed by atoms with E-state index in [4.69, 9.17) is 42.6 Å². The van der Waals surface area contributed by atoms with E-state index in [2.05, 4.69) is 30.5 Å². The third-order valence-electron chi connectivity index (χ3n) is 10.5. The van der Waals surface area contributed by atoms with Gasteiger partial charge in [0.15, 0.2) is 5.78 Å². The van der Waals surface area contributed by atoms with Gasteiger partial charge in [0.2, 0.25) is 0 Å². The smallest absolute Gasteiger partial charge is 0.174 e. The first-order chi connectivity index (χ1) is 27.5. The lowest BCUT2D eigenvalue weighted by molar-refractivity contribution is -0.136. The highest BCUT2D eigenvalue weighted by atomic mass is 35.5. The van der Waals surface area contributed by atoms with E-state index in [1.807, 2.05) is 72.8 Å². The van der Waals surface area contributed by atoms with E-state index < -0.39 is 12.1 Å². The first kappa shape index (κ1) is 38.6. The molecule has 6 heterocycles. The van der Waals surface area contributed by atoms with E-state index in [1.165, 1.54) is 0 Å². The van der Waals surface area contributed by atoms with Crippen molar-refractivity contribution in [1.82, 2.24) is 29.7 Å². The predicted octanol–water partition coefficient (Wildman–Crippen LogP) is 10.2. The van der Waals surface area contributed by atoms with Crippen LogP contribution in [-0.2, 0) is 4.79 Å². The molecule has 0 aliphatic carbocycles. The molecule has 0 saturated carbocycles. The molecule has 2 aliphatic heterocycles. The second-order valence-electron chi connectivity index (χ2n) is 14.1. The van der Waals surface area contributed by atoms with Crippen molar-refractivity contribution in [2.24, 2.45) is 0 Å². The summed E-state index contributed by atoms with van der Waals surface area (Å²) in [5, 5.41) is 6.99. The van der Waals surface area contributed by atoms with Gasteiger partial charge in [0.1, 0.15) is 57.1 Å². The van der Waals surface area contributed by atoms with Gasteiger partial charge in [-0.2, -0.15) is 0 Å². The first-order valence-corrected chi connectivity index (χ1v) is 21.6. The van der Waals surface area contributed by atoms with Gasteiger partial charge in [-0.3, -0.25) is 14.6 Å². The largest absolute Gasteiger partial charge is 0.491 e. The molecule has 2 saturated heterocycles. The zero-order chi connectivity index (χ0) is 38.3. The summed E-state index contributed by atoms with van der Waals surface area (Å²) in [6.07, 6.45) is 9.33. The average molecular weight is 826 g/mol.